The van der Waals surface area contributed by atoms with Gasteiger partial charge in [0, 0.05) is 0 Å². The van der Waals surface area contributed by atoms with Crippen LogP contribution in [0.3, 0.4) is 0 Å². The maximum atomic E-state index is 13.6. The summed E-state index contributed by atoms with van der Waals surface area (Å²) in [5.74, 6) is -1.42. The molecule has 4 atom stereocenters. The van der Waals surface area contributed by atoms with Crippen molar-refractivity contribution in [1.82, 2.24) is 9.55 Å². The summed E-state index contributed by atoms with van der Waals surface area (Å²) >= 11 is 0. The first kappa shape index (κ1) is 23.2. The number of carbonyl (C=O) groups is 1. The van der Waals surface area contributed by atoms with E-state index < -0.39 is 54.2 Å². The third-order valence-electron chi connectivity index (χ3n) is 4.81. The molecule has 0 saturated carbocycles. The van der Waals surface area contributed by atoms with Gasteiger partial charge >= 0.3 is 11.7 Å². The molecule has 1 aliphatic heterocycles. The van der Waals surface area contributed by atoms with Crippen molar-refractivity contribution in [2.24, 2.45) is 0 Å². The Labute approximate surface area is 179 Å². The summed E-state index contributed by atoms with van der Waals surface area (Å²) in [4.78, 5) is 37.3. The molecule has 3 N–H and O–H groups in total. The van der Waals surface area contributed by atoms with Gasteiger partial charge in [-0.2, -0.15) is 4.39 Å². The average Bonchev–Trinajstić information content (AvgIpc) is 3.07. The smallest absolute Gasteiger partial charge is 0.338 e. The third-order valence-corrected chi connectivity index (χ3v) is 4.81. The van der Waals surface area contributed by atoms with Crippen LogP contribution in [0.5, 0.6) is 17.2 Å². The van der Waals surface area contributed by atoms with Gasteiger partial charge in [-0.25, -0.2) is 9.59 Å². The highest BCUT2D eigenvalue weighted by Crippen LogP contribution is 2.38. The van der Waals surface area contributed by atoms with Crippen molar-refractivity contribution < 1.29 is 43.1 Å². The van der Waals surface area contributed by atoms with Gasteiger partial charge in [-0.3, -0.25) is 14.3 Å². The van der Waals surface area contributed by atoms with Crippen LogP contribution in [0.15, 0.2) is 27.9 Å². The van der Waals surface area contributed by atoms with Crippen LogP contribution in [-0.4, -0.2) is 72.0 Å². The number of methoxy groups -OCH3 is 3. The van der Waals surface area contributed by atoms with E-state index in [1.165, 1.54) is 33.5 Å². The fourth-order valence-corrected chi connectivity index (χ4v) is 3.19. The number of hydrogen-bond donors (Lipinski definition) is 3. The quantitative estimate of drug-likeness (QED) is 0.449. The molecule has 1 aromatic heterocycles. The minimum Gasteiger partial charge on any atom is -0.493 e. The maximum Gasteiger partial charge on any atom is 0.338 e. The van der Waals surface area contributed by atoms with Gasteiger partial charge in [0.15, 0.2) is 17.7 Å². The molecule has 0 unspecified atom stereocenters. The van der Waals surface area contributed by atoms with Gasteiger partial charge in [0.25, 0.3) is 5.56 Å². The predicted molar refractivity (Wildman–Crippen MR) is 104 cm³/mol. The van der Waals surface area contributed by atoms with E-state index in [4.69, 9.17) is 23.7 Å². The van der Waals surface area contributed by atoms with Gasteiger partial charge in [-0.15, -0.1) is 0 Å². The van der Waals surface area contributed by atoms with Gasteiger partial charge < -0.3 is 33.9 Å². The number of ether oxygens (including phenoxy) is 5. The molecule has 13 heteroatoms. The second-order valence-corrected chi connectivity index (χ2v) is 6.70. The molecule has 2 aromatic rings. The average molecular weight is 456 g/mol. The van der Waals surface area contributed by atoms with E-state index in [-0.39, 0.29) is 22.8 Å². The summed E-state index contributed by atoms with van der Waals surface area (Å²) in [6.45, 7) is -0.509. The number of H-pyrrole nitrogens is 1. The monoisotopic (exact) mass is 456 g/mol. The van der Waals surface area contributed by atoms with Gasteiger partial charge in [0.1, 0.15) is 24.9 Å². The summed E-state index contributed by atoms with van der Waals surface area (Å²) in [5, 5.41) is 20.4. The van der Waals surface area contributed by atoms with E-state index in [9.17, 15) is 29.0 Å². The summed E-state index contributed by atoms with van der Waals surface area (Å²) in [6, 6.07) is 2.71. The lowest BCUT2D eigenvalue weighted by molar-refractivity contribution is -0.0602. The Balaban J connectivity index is 1.75. The molecular weight excluding hydrogens is 435 g/mol. The van der Waals surface area contributed by atoms with Crippen molar-refractivity contribution in [3.8, 4) is 17.2 Å². The van der Waals surface area contributed by atoms with Crippen LogP contribution < -0.4 is 25.5 Å². The van der Waals surface area contributed by atoms with Crippen molar-refractivity contribution in [2.75, 3.05) is 27.9 Å². The minimum atomic E-state index is -1.66. The van der Waals surface area contributed by atoms with E-state index in [2.05, 4.69) is 0 Å². The van der Waals surface area contributed by atoms with Crippen LogP contribution in [0, 0.1) is 5.82 Å². The fraction of sp³-hybridized carbons (Fsp3) is 0.421. The van der Waals surface area contributed by atoms with E-state index in [1.54, 1.807) is 4.98 Å². The van der Waals surface area contributed by atoms with E-state index in [0.717, 1.165) is 0 Å². The van der Waals surface area contributed by atoms with Crippen molar-refractivity contribution in [2.45, 2.75) is 24.5 Å². The van der Waals surface area contributed by atoms with Crippen molar-refractivity contribution in [3.05, 3.63) is 50.5 Å². The molecule has 1 aliphatic rings. The Bertz CT molecular complexity index is 1090. The number of nitrogens with one attached hydrogen (secondary N) is 1. The number of aromatic nitrogens is 2. The molecule has 32 heavy (non-hydrogen) atoms. The number of aliphatic hydroxyl groups is 2. The lowest BCUT2D eigenvalue weighted by Gasteiger charge is -2.17. The Hall–Kier alpha value is -3.42. The highest BCUT2D eigenvalue weighted by Gasteiger charge is 2.45. The minimum absolute atomic E-state index is 0.0445. The van der Waals surface area contributed by atoms with Gasteiger partial charge in [-0.05, 0) is 12.1 Å². The molecule has 12 nitrogen and oxygen atoms in total. The van der Waals surface area contributed by atoms with E-state index in [0.29, 0.717) is 10.8 Å². The zero-order valence-electron chi connectivity index (χ0n) is 17.2. The Morgan fingerprint density at radius 2 is 1.75 bits per heavy atom. The molecule has 0 radical (unpaired) electrons. The standard InChI is InChI=1S/C19H21FN2O10/c1-28-10-4-8(5-11(29-2)15(10)30-3)18(26)31-7-12-13(23)14(24)17(32-12)22-6-9(20)16(25)21-19(22)27/h4-6,12-14,17,23-24H,7H2,1-3H3,(H,21,25,27)/t12-,13-,14-,17-/m1/s1. The number of esters is 1. The van der Waals surface area contributed by atoms with Crippen LogP contribution in [-0.2, 0) is 9.47 Å². The summed E-state index contributed by atoms with van der Waals surface area (Å²) in [7, 11) is 4.15. The van der Waals surface area contributed by atoms with Crippen molar-refractivity contribution in [1.29, 1.82) is 0 Å². The first-order valence-electron chi connectivity index (χ1n) is 9.21. The Morgan fingerprint density at radius 1 is 1.12 bits per heavy atom. The third kappa shape index (κ3) is 4.30. The molecule has 1 saturated heterocycles. The molecule has 0 amide bonds. The Kier molecular flexibility index (Phi) is 6.81. The highest BCUT2D eigenvalue weighted by molar-refractivity contribution is 5.91. The van der Waals surface area contributed by atoms with Crippen LogP contribution in [0.1, 0.15) is 16.6 Å². The molecule has 0 bridgehead atoms. The lowest BCUT2D eigenvalue weighted by Crippen LogP contribution is -2.38. The van der Waals surface area contributed by atoms with E-state index in [1.807, 2.05) is 0 Å². The molecule has 1 fully saturated rings. The highest BCUT2D eigenvalue weighted by atomic mass is 19.1. The first-order chi connectivity index (χ1) is 15.2. The molecule has 3 rings (SSSR count). The fourth-order valence-electron chi connectivity index (χ4n) is 3.19. The Morgan fingerprint density at radius 3 is 2.31 bits per heavy atom. The molecule has 1 aromatic carbocycles. The number of halogens is 1. The largest absolute Gasteiger partial charge is 0.493 e. The SMILES string of the molecule is COc1cc(C(=O)OC[C@H]2O[C@@H](n3cc(F)c(=O)[nH]c3=O)[C@H](O)[C@@H]2O)cc(OC)c1OC. The summed E-state index contributed by atoms with van der Waals surface area (Å²) in [5.41, 5.74) is -2.25. The van der Waals surface area contributed by atoms with Gasteiger partial charge in [-0.1, -0.05) is 0 Å². The molecule has 0 spiro atoms. The van der Waals surface area contributed by atoms with Crippen molar-refractivity contribution in [3.63, 3.8) is 0 Å². The number of aromatic amines is 1. The number of hydrogen-bond acceptors (Lipinski definition) is 10. The molecule has 174 valence electrons. The zero-order valence-corrected chi connectivity index (χ0v) is 17.2. The number of benzene rings is 1. The van der Waals surface area contributed by atoms with E-state index >= 15 is 0 Å². The van der Waals surface area contributed by atoms with Crippen LogP contribution in [0.25, 0.3) is 0 Å². The number of carbonyl (C=O) groups excluding carboxylic acids is 1. The topological polar surface area (TPSA) is 159 Å². The van der Waals surface area contributed by atoms with Crippen LogP contribution >= 0.6 is 0 Å². The van der Waals surface area contributed by atoms with Crippen LogP contribution in [0.4, 0.5) is 4.39 Å². The second kappa shape index (κ2) is 9.38. The normalized spacial score (nSPS) is 22.4. The predicted octanol–water partition coefficient (Wildman–Crippen LogP) is -0.822. The zero-order chi connectivity index (χ0) is 23.6. The summed E-state index contributed by atoms with van der Waals surface area (Å²) in [6.07, 6.45) is -5.46. The van der Waals surface area contributed by atoms with Gasteiger partial charge in [0.05, 0.1) is 33.1 Å². The number of rotatable bonds is 7. The van der Waals surface area contributed by atoms with Crippen LogP contribution in [0.2, 0.25) is 0 Å². The molecule has 2 heterocycles. The maximum absolute atomic E-state index is 13.6. The number of aliphatic hydroxyl groups excluding tert-OH is 2. The number of nitrogens with zero attached hydrogens (tertiary/aromatic N) is 1. The van der Waals surface area contributed by atoms with Crippen molar-refractivity contribution >= 4 is 5.97 Å². The second-order valence-electron chi connectivity index (χ2n) is 6.70. The molecular formula is C19H21FN2O10. The molecule has 0 aliphatic carbocycles. The lowest BCUT2D eigenvalue weighted by atomic mass is 10.1. The first-order valence-corrected chi connectivity index (χ1v) is 9.21. The van der Waals surface area contributed by atoms with Gasteiger partial charge in [0.2, 0.25) is 11.6 Å². The summed E-state index contributed by atoms with van der Waals surface area (Å²) < 4.78 is 40.2.